The predicted molar refractivity (Wildman–Crippen MR) is 84.4 cm³/mol. The molecule has 2 aromatic heterocycles. The Balaban J connectivity index is 2.01. The number of hydrogen-bond donors (Lipinski definition) is 1. The van der Waals surface area contributed by atoms with E-state index in [-0.39, 0.29) is 29.5 Å². The molecule has 0 bridgehead atoms. The van der Waals surface area contributed by atoms with Crippen molar-refractivity contribution in [1.82, 2.24) is 5.32 Å². The summed E-state index contributed by atoms with van der Waals surface area (Å²) in [5.41, 5.74) is 0. The van der Waals surface area contributed by atoms with Crippen LogP contribution >= 0.6 is 11.3 Å². The van der Waals surface area contributed by atoms with Gasteiger partial charge in [-0.2, -0.15) is 0 Å². The number of carbonyl (C=O) groups excluding carboxylic acids is 1. The molecule has 0 spiro atoms. The lowest BCUT2D eigenvalue weighted by molar-refractivity contribution is -0.402. The van der Waals surface area contributed by atoms with E-state index in [1.165, 1.54) is 24.3 Å². The Labute approximate surface area is 131 Å². The third kappa shape index (κ3) is 4.05. The lowest BCUT2D eigenvalue weighted by atomic mass is 10.0. The average Bonchev–Trinajstić information content (AvgIpc) is 3.13. The van der Waals surface area contributed by atoms with E-state index in [1.807, 2.05) is 31.4 Å². The Morgan fingerprint density at radius 2 is 2.18 bits per heavy atom. The van der Waals surface area contributed by atoms with Gasteiger partial charge in [0.1, 0.15) is 10.7 Å². The molecule has 2 aromatic rings. The molecule has 2 heterocycles. The molecule has 0 radical (unpaired) electrons. The second kappa shape index (κ2) is 7.04. The summed E-state index contributed by atoms with van der Waals surface area (Å²) in [6.07, 6.45) is 2.72. The first kappa shape index (κ1) is 16.0. The molecule has 0 aromatic carbocycles. The highest BCUT2D eigenvalue weighted by molar-refractivity contribution is 7.10. The molecule has 1 N–H and O–H groups in total. The third-order valence-corrected chi connectivity index (χ3v) is 3.96. The third-order valence-electron chi connectivity index (χ3n) is 3.01. The van der Waals surface area contributed by atoms with Crippen molar-refractivity contribution in [3.63, 3.8) is 0 Å². The first-order valence-corrected chi connectivity index (χ1v) is 7.61. The first-order valence-electron chi connectivity index (χ1n) is 6.73. The van der Waals surface area contributed by atoms with Crippen LogP contribution in [0.15, 0.2) is 40.1 Å². The van der Waals surface area contributed by atoms with Crippen LogP contribution in [-0.2, 0) is 4.79 Å². The normalized spacial score (nSPS) is 12.7. The van der Waals surface area contributed by atoms with Crippen LogP contribution in [0.2, 0.25) is 0 Å². The topological polar surface area (TPSA) is 85.4 Å². The van der Waals surface area contributed by atoms with Crippen LogP contribution in [0.5, 0.6) is 0 Å². The second-order valence-corrected chi connectivity index (χ2v) is 5.99. The summed E-state index contributed by atoms with van der Waals surface area (Å²) in [4.78, 5) is 23.0. The largest absolute Gasteiger partial charge is 0.433 e. The molecular formula is C15H16N2O4S. The minimum atomic E-state index is -0.622. The highest BCUT2D eigenvalue weighted by Crippen LogP contribution is 2.25. The molecular weight excluding hydrogens is 304 g/mol. The zero-order valence-electron chi connectivity index (χ0n) is 12.2. The monoisotopic (exact) mass is 320 g/mol. The molecule has 1 amide bonds. The number of nitro groups is 1. The van der Waals surface area contributed by atoms with Gasteiger partial charge in [0.15, 0.2) is 0 Å². The molecule has 116 valence electrons. The number of nitrogens with one attached hydrogen (secondary N) is 1. The number of amides is 1. The van der Waals surface area contributed by atoms with Crippen molar-refractivity contribution in [2.24, 2.45) is 5.92 Å². The quantitative estimate of drug-likeness (QED) is 0.498. The van der Waals surface area contributed by atoms with E-state index in [4.69, 9.17) is 4.42 Å². The van der Waals surface area contributed by atoms with Crippen molar-refractivity contribution in [2.45, 2.75) is 19.9 Å². The number of furan rings is 1. The minimum Gasteiger partial charge on any atom is -0.401 e. The lowest BCUT2D eigenvalue weighted by Gasteiger charge is -2.20. The van der Waals surface area contributed by atoms with Gasteiger partial charge in [-0.1, -0.05) is 19.9 Å². The van der Waals surface area contributed by atoms with Crippen molar-refractivity contribution in [3.05, 3.63) is 56.5 Å². The smallest absolute Gasteiger partial charge is 0.401 e. The molecule has 0 unspecified atom stereocenters. The van der Waals surface area contributed by atoms with Crippen LogP contribution in [0.25, 0.3) is 6.08 Å². The lowest BCUT2D eigenvalue weighted by Crippen LogP contribution is -2.29. The zero-order valence-corrected chi connectivity index (χ0v) is 13.0. The molecule has 0 aliphatic rings. The SMILES string of the molecule is CC(C)[C@@H](NC(=O)/C=C/c1ccc([N+](=O)[O-])o1)c1cccs1. The van der Waals surface area contributed by atoms with E-state index in [1.54, 1.807) is 11.3 Å². The summed E-state index contributed by atoms with van der Waals surface area (Å²) in [5.74, 6) is -0.107. The van der Waals surface area contributed by atoms with E-state index in [0.717, 1.165) is 4.88 Å². The molecule has 0 aliphatic carbocycles. The summed E-state index contributed by atoms with van der Waals surface area (Å²) in [6, 6.07) is 6.55. The van der Waals surface area contributed by atoms with E-state index < -0.39 is 4.92 Å². The van der Waals surface area contributed by atoms with E-state index in [0.29, 0.717) is 0 Å². The number of hydrogen-bond acceptors (Lipinski definition) is 5. The maximum absolute atomic E-state index is 12.0. The summed E-state index contributed by atoms with van der Waals surface area (Å²) < 4.78 is 4.96. The molecule has 2 rings (SSSR count). The maximum atomic E-state index is 12.0. The standard InChI is InChI=1S/C15H16N2O4S/c1-10(2)15(12-4-3-9-22-12)16-13(18)7-5-11-6-8-14(21-11)17(19)20/h3-10,15H,1-2H3,(H,16,18)/b7-5+/t15-/m1/s1. The van der Waals surface area contributed by atoms with Gasteiger partial charge in [-0.25, -0.2) is 0 Å². The van der Waals surface area contributed by atoms with Crippen LogP contribution in [0.3, 0.4) is 0 Å². The van der Waals surface area contributed by atoms with Crippen molar-refractivity contribution < 1.29 is 14.1 Å². The highest BCUT2D eigenvalue weighted by atomic mass is 32.1. The molecule has 6 nitrogen and oxygen atoms in total. The van der Waals surface area contributed by atoms with Gasteiger partial charge in [0, 0.05) is 11.0 Å². The van der Waals surface area contributed by atoms with Crippen molar-refractivity contribution in [1.29, 1.82) is 0 Å². The molecule has 1 atom stereocenters. The Bertz CT molecular complexity index is 674. The van der Waals surface area contributed by atoms with Gasteiger partial charge >= 0.3 is 5.88 Å². The fourth-order valence-electron chi connectivity index (χ4n) is 1.92. The van der Waals surface area contributed by atoms with Gasteiger partial charge in [0.25, 0.3) is 0 Å². The second-order valence-electron chi connectivity index (χ2n) is 5.01. The van der Waals surface area contributed by atoms with Crippen molar-refractivity contribution in [3.8, 4) is 0 Å². The van der Waals surface area contributed by atoms with Gasteiger partial charge in [-0.3, -0.25) is 14.9 Å². The van der Waals surface area contributed by atoms with Crippen LogP contribution in [0.1, 0.15) is 30.5 Å². The van der Waals surface area contributed by atoms with E-state index >= 15 is 0 Å². The molecule has 0 aliphatic heterocycles. The number of nitrogens with zero attached hydrogens (tertiary/aromatic N) is 1. The van der Waals surface area contributed by atoms with E-state index in [2.05, 4.69) is 5.32 Å². The molecule has 0 fully saturated rings. The van der Waals surface area contributed by atoms with Crippen LogP contribution in [0.4, 0.5) is 5.88 Å². The summed E-state index contributed by atoms with van der Waals surface area (Å²) in [6.45, 7) is 4.06. The van der Waals surface area contributed by atoms with Crippen molar-refractivity contribution in [2.75, 3.05) is 0 Å². The predicted octanol–water partition coefficient (Wildman–Crippen LogP) is 3.78. The average molecular weight is 320 g/mol. The van der Waals surface area contributed by atoms with Gasteiger partial charge < -0.3 is 9.73 Å². The fourth-order valence-corrected chi connectivity index (χ4v) is 2.87. The Morgan fingerprint density at radius 1 is 1.41 bits per heavy atom. The molecule has 0 saturated heterocycles. The molecule has 22 heavy (non-hydrogen) atoms. The Hall–Kier alpha value is -2.41. The van der Waals surface area contributed by atoms with Crippen LogP contribution in [-0.4, -0.2) is 10.8 Å². The number of rotatable bonds is 6. The highest BCUT2D eigenvalue weighted by Gasteiger charge is 2.18. The van der Waals surface area contributed by atoms with Gasteiger partial charge in [-0.05, 0) is 29.5 Å². The maximum Gasteiger partial charge on any atom is 0.433 e. The van der Waals surface area contributed by atoms with Gasteiger partial charge in [0.2, 0.25) is 5.91 Å². The Kier molecular flexibility index (Phi) is 5.11. The Morgan fingerprint density at radius 3 is 2.73 bits per heavy atom. The molecule has 7 heteroatoms. The number of carbonyl (C=O) groups is 1. The zero-order chi connectivity index (χ0) is 16.1. The van der Waals surface area contributed by atoms with Gasteiger partial charge in [-0.15, -0.1) is 11.3 Å². The molecule has 0 saturated carbocycles. The fraction of sp³-hybridized carbons (Fsp3) is 0.267. The van der Waals surface area contributed by atoms with E-state index in [9.17, 15) is 14.9 Å². The summed E-state index contributed by atoms with van der Waals surface area (Å²) in [5, 5.41) is 15.4. The summed E-state index contributed by atoms with van der Waals surface area (Å²) >= 11 is 1.59. The summed E-state index contributed by atoms with van der Waals surface area (Å²) in [7, 11) is 0. The minimum absolute atomic E-state index is 0.0666. The first-order chi connectivity index (χ1) is 10.5. The van der Waals surface area contributed by atoms with Crippen LogP contribution in [0, 0.1) is 16.0 Å². The van der Waals surface area contributed by atoms with Gasteiger partial charge in [0.05, 0.1) is 12.1 Å². The van der Waals surface area contributed by atoms with Crippen molar-refractivity contribution >= 4 is 29.2 Å². The number of thiophene rings is 1. The van der Waals surface area contributed by atoms with Crippen LogP contribution < -0.4 is 5.32 Å².